The first-order chi connectivity index (χ1) is 10.7. The van der Waals surface area contributed by atoms with Crippen LogP contribution >= 0.6 is 0 Å². The molecule has 1 aliphatic rings. The quantitative estimate of drug-likeness (QED) is 0.880. The van der Waals surface area contributed by atoms with Gasteiger partial charge in [-0.05, 0) is 36.1 Å². The minimum absolute atomic E-state index is 0.669. The topological polar surface area (TPSA) is 47.7 Å². The Kier molecular flexibility index (Phi) is 4.09. The van der Waals surface area contributed by atoms with Crippen LogP contribution in [0.5, 0.6) is 11.5 Å². The highest BCUT2D eigenvalue weighted by molar-refractivity contribution is 5.61. The summed E-state index contributed by atoms with van der Waals surface area (Å²) < 4.78 is 10.7. The van der Waals surface area contributed by atoms with Gasteiger partial charge >= 0.3 is 0 Å². The van der Waals surface area contributed by atoms with Gasteiger partial charge in [0.25, 0.3) is 0 Å². The van der Waals surface area contributed by atoms with E-state index < -0.39 is 0 Å². The Balaban J connectivity index is 1.91. The van der Waals surface area contributed by atoms with Crippen LogP contribution in [-0.4, -0.2) is 20.8 Å². The van der Waals surface area contributed by atoms with Gasteiger partial charge in [0.05, 0.1) is 14.2 Å². The standard InChI is InChI=1S/C18H22N2O2/c1-21-17-10-14(15(19)11-18(17)22-2)12-20-9-5-7-13-6-3-4-8-16(13)20/h3-4,6,8,10-11H,5,7,9,12,19H2,1-2H3. The van der Waals surface area contributed by atoms with E-state index in [1.807, 2.05) is 12.1 Å². The highest BCUT2D eigenvalue weighted by atomic mass is 16.5. The number of benzene rings is 2. The van der Waals surface area contributed by atoms with Gasteiger partial charge in [-0.15, -0.1) is 0 Å². The lowest BCUT2D eigenvalue weighted by Gasteiger charge is -2.31. The molecule has 116 valence electrons. The maximum Gasteiger partial charge on any atom is 0.162 e. The fourth-order valence-electron chi connectivity index (χ4n) is 3.06. The molecule has 4 heteroatoms. The Labute approximate surface area is 131 Å². The van der Waals surface area contributed by atoms with Crippen molar-refractivity contribution in [1.29, 1.82) is 0 Å². The predicted octanol–water partition coefficient (Wildman–Crippen LogP) is 3.24. The van der Waals surface area contributed by atoms with Crippen LogP contribution in [-0.2, 0) is 13.0 Å². The van der Waals surface area contributed by atoms with E-state index in [0.717, 1.165) is 36.5 Å². The van der Waals surface area contributed by atoms with Crippen LogP contribution in [0.2, 0.25) is 0 Å². The third-order valence-electron chi connectivity index (χ3n) is 4.21. The van der Waals surface area contributed by atoms with E-state index in [0.29, 0.717) is 5.75 Å². The Hall–Kier alpha value is -2.36. The van der Waals surface area contributed by atoms with E-state index >= 15 is 0 Å². The number of hydrogen-bond donors (Lipinski definition) is 1. The van der Waals surface area contributed by atoms with Crippen molar-refractivity contribution < 1.29 is 9.47 Å². The molecule has 3 rings (SSSR count). The molecule has 2 aromatic carbocycles. The molecule has 1 aliphatic heterocycles. The number of rotatable bonds is 4. The van der Waals surface area contributed by atoms with Crippen LogP contribution in [0.1, 0.15) is 17.5 Å². The molecule has 4 nitrogen and oxygen atoms in total. The largest absolute Gasteiger partial charge is 0.493 e. The van der Waals surface area contributed by atoms with Gasteiger partial charge in [0.1, 0.15) is 0 Å². The molecule has 0 fully saturated rings. The summed E-state index contributed by atoms with van der Waals surface area (Å²) in [6.07, 6.45) is 2.32. The summed E-state index contributed by atoms with van der Waals surface area (Å²) in [5, 5.41) is 0. The first-order valence-corrected chi connectivity index (χ1v) is 7.56. The first kappa shape index (κ1) is 14.6. The summed E-state index contributed by atoms with van der Waals surface area (Å²) in [6.45, 7) is 1.83. The van der Waals surface area contributed by atoms with Crippen molar-refractivity contribution in [2.75, 3.05) is 31.4 Å². The lowest BCUT2D eigenvalue weighted by molar-refractivity contribution is 0.354. The number of fused-ring (bicyclic) bond motifs is 1. The highest BCUT2D eigenvalue weighted by Crippen LogP contribution is 2.34. The zero-order valence-corrected chi connectivity index (χ0v) is 13.1. The Bertz CT molecular complexity index is 670. The molecule has 1 heterocycles. The molecule has 0 bridgehead atoms. The van der Waals surface area contributed by atoms with Crippen molar-refractivity contribution in [1.82, 2.24) is 0 Å². The first-order valence-electron chi connectivity index (χ1n) is 7.56. The van der Waals surface area contributed by atoms with E-state index in [1.54, 1.807) is 14.2 Å². The number of ether oxygens (including phenoxy) is 2. The minimum Gasteiger partial charge on any atom is -0.493 e. The zero-order chi connectivity index (χ0) is 15.5. The van der Waals surface area contributed by atoms with Crippen molar-refractivity contribution in [3.63, 3.8) is 0 Å². The van der Waals surface area contributed by atoms with Gasteiger partial charge in [0.2, 0.25) is 0 Å². The third-order valence-corrected chi connectivity index (χ3v) is 4.21. The number of nitrogen functional groups attached to an aromatic ring is 1. The molecule has 0 radical (unpaired) electrons. The van der Waals surface area contributed by atoms with E-state index in [1.165, 1.54) is 17.7 Å². The second-order valence-corrected chi connectivity index (χ2v) is 5.56. The maximum atomic E-state index is 6.20. The fraction of sp³-hybridized carbons (Fsp3) is 0.333. The molecule has 2 aromatic rings. The predicted molar refractivity (Wildman–Crippen MR) is 89.8 cm³/mol. The van der Waals surface area contributed by atoms with Crippen LogP contribution in [0.4, 0.5) is 11.4 Å². The van der Waals surface area contributed by atoms with Gasteiger partial charge < -0.3 is 20.1 Å². The molecule has 0 saturated heterocycles. The van der Waals surface area contributed by atoms with Gasteiger partial charge in [-0.25, -0.2) is 0 Å². The molecule has 2 N–H and O–H groups in total. The van der Waals surface area contributed by atoms with Crippen molar-refractivity contribution in [3.05, 3.63) is 47.5 Å². The van der Waals surface area contributed by atoms with Gasteiger partial charge in [-0.1, -0.05) is 18.2 Å². The highest BCUT2D eigenvalue weighted by Gasteiger charge is 2.18. The molecule has 0 aromatic heterocycles. The van der Waals surface area contributed by atoms with Crippen LogP contribution < -0.4 is 20.1 Å². The Morgan fingerprint density at radius 2 is 1.82 bits per heavy atom. The van der Waals surface area contributed by atoms with Crippen molar-refractivity contribution in [2.24, 2.45) is 0 Å². The summed E-state index contributed by atoms with van der Waals surface area (Å²) in [5.74, 6) is 1.39. The van der Waals surface area contributed by atoms with Crippen molar-refractivity contribution in [2.45, 2.75) is 19.4 Å². The monoisotopic (exact) mass is 298 g/mol. The molecule has 22 heavy (non-hydrogen) atoms. The van der Waals surface area contributed by atoms with Gasteiger partial charge in [0.15, 0.2) is 11.5 Å². The average molecular weight is 298 g/mol. The number of nitrogens with two attached hydrogens (primary N) is 1. The van der Waals surface area contributed by atoms with Crippen molar-refractivity contribution >= 4 is 11.4 Å². The van der Waals surface area contributed by atoms with E-state index in [9.17, 15) is 0 Å². The Morgan fingerprint density at radius 1 is 1.09 bits per heavy atom. The van der Waals surface area contributed by atoms with E-state index in [2.05, 4.69) is 29.2 Å². The van der Waals surface area contributed by atoms with Gasteiger partial charge in [-0.3, -0.25) is 0 Å². The fourth-order valence-corrected chi connectivity index (χ4v) is 3.06. The van der Waals surface area contributed by atoms with Crippen LogP contribution in [0.3, 0.4) is 0 Å². The second-order valence-electron chi connectivity index (χ2n) is 5.56. The second kappa shape index (κ2) is 6.18. The smallest absolute Gasteiger partial charge is 0.162 e. The zero-order valence-electron chi connectivity index (χ0n) is 13.1. The molecule has 0 aliphatic carbocycles. The number of methoxy groups -OCH3 is 2. The lowest BCUT2D eigenvalue weighted by atomic mass is 10.0. The number of anilines is 2. The molecular weight excluding hydrogens is 276 g/mol. The van der Waals surface area contributed by atoms with E-state index in [4.69, 9.17) is 15.2 Å². The summed E-state index contributed by atoms with van der Waals surface area (Å²) in [5.41, 5.74) is 10.7. The average Bonchev–Trinajstić information content (AvgIpc) is 2.56. The summed E-state index contributed by atoms with van der Waals surface area (Å²) >= 11 is 0. The lowest BCUT2D eigenvalue weighted by Crippen LogP contribution is -2.29. The summed E-state index contributed by atoms with van der Waals surface area (Å²) in [4.78, 5) is 2.39. The van der Waals surface area contributed by atoms with Crippen LogP contribution in [0.25, 0.3) is 0 Å². The number of hydrogen-bond acceptors (Lipinski definition) is 4. The molecule has 0 atom stereocenters. The van der Waals surface area contributed by atoms with Crippen LogP contribution in [0.15, 0.2) is 36.4 Å². The molecule has 0 unspecified atom stereocenters. The maximum absolute atomic E-state index is 6.20. The summed E-state index contributed by atoms with van der Waals surface area (Å²) in [6, 6.07) is 12.4. The normalized spacial score (nSPS) is 13.6. The SMILES string of the molecule is COc1cc(N)c(CN2CCCc3ccccc32)cc1OC. The van der Waals surface area contributed by atoms with Crippen LogP contribution in [0, 0.1) is 0 Å². The van der Waals surface area contributed by atoms with E-state index in [-0.39, 0.29) is 0 Å². The number of aryl methyl sites for hydroxylation is 1. The Morgan fingerprint density at radius 3 is 2.59 bits per heavy atom. The molecule has 0 amide bonds. The third kappa shape index (κ3) is 2.69. The molecular formula is C18H22N2O2. The number of nitrogens with zero attached hydrogens (tertiary/aromatic N) is 1. The number of para-hydroxylation sites is 1. The van der Waals surface area contributed by atoms with Gasteiger partial charge in [-0.2, -0.15) is 0 Å². The minimum atomic E-state index is 0.669. The van der Waals surface area contributed by atoms with Gasteiger partial charge in [0, 0.05) is 30.5 Å². The summed E-state index contributed by atoms with van der Waals surface area (Å²) in [7, 11) is 3.27. The van der Waals surface area contributed by atoms with Crippen molar-refractivity contribution in [3.8, 4) is 11.5 Å². The molecule has 0 saturated carbocycles. The molecule has 0 spiro atoms.